The van der Waals surface area contributed by atoms with E-state index in [4.69, 9.17) is 4.74 Å². The number of nitrogens with zero attached hydrogens (tertiary/aromatic N) is 2. The summed E-state index contributed by atoms with van der Waals surface area (Å²) in [5, 5.41) is 4.28. The van der Waals surface area contributed by atoms with E-state index in [1.54, 1.807) is 13.3 Å². The first kappa shape index (κ1) is 13.7. The molecule has 0 N–H and O–H groups in total. The van der Waals surface area contributed by atoms with Gasteiger partial charge in [-0.3, -0.25) is 9.48 Å². The van der Waals surface area contributed by atoms with Gasteiger partial charge >= 0.3 is 0 Å². The molecule has 0 atom stereocenters. The number of methoxy groups -OCH3 is 1. The van der Waals surface area contributed by atoms with Gasteiger partial charge in [-0.1, -0.05) is 13.8 Å². The molecule has 0 radical (unpaired) electrons. The molecule has 96 valence electrons. The van der Waals surface area contributed by atoms with E-state index in [1.165, 1.54) is 0 Å². The standard InChI is InChI=1S/C13H22N2O2/c1-4-6-11(16)7-8-12-13(17-3)10-14-15(12)9-5-2/h10H,4-9H2,1-3H3. The molecule has 1 rings (SSSR count). The molecule has 0 spiro atoms. The Morgan fingerprint density at radius 3 is 2.71 bits per heavy atom. The Hall–Kier alpha value is -1.32. The molecule has 0 saturated heterocycles. The summed E-state index contributed by atoms with van der Waals surface area (Å²) in [6, 6.07) is 0. The van der Waals surface area contributed by atoms with E-state index in [2.05, 4.69) is 12.0 Å². The van der Waals surface area contributed by atoms with Crippen molar-refractivity contribution in [2.75, 3.05) is 7.11 Å². The van der Waals surface area contributed by atoms with Crippen LogP contribution in [0.1, 0.15) is 45.2 Å². The van der Waals surface area contributed by atoms with E-state index in [9.17, 15) is 4.79 Å². The van der Waals surface area contributed by atoms with Crippen LogP contribution in [-0.2, 0) is 17.8 Å². The minimum Gasteiger partial charge on any atom is -0.493 e. The highest BCUT2D eigenvalue weighted by Gasteiger charge is 2.12. The topological polar surface area (TPSA) is 44.1 Å². The first-order valence-corrected chi connectivity index (χ1v) is 6.33. The average molecular weight is 238 g/mol. The molecule has 1 heterocycles. The van der Waals surface area contributed by atoms with E-state index in [0.717, 1.165) is 37.3 Å². The summed E-state index contributed by atoms with van der Waals surface area (Å²) in [6.07, 6.45) is 5.66. The molecule has 0 aliphatic rings. The molecule has 4 heteroatoms. The Labute approximate surface area is 103 Å². The molecule has 1 aromatic heterocycles. The number of aryl methyl sites for hydroxylation is 1. The number of ether oxygens (including phenoxy) is 1. The third-order valence-corrected chi connectivity index (χ3v) is 2.74. The van der Waals surface area contributed by atoms with Crippen LogP contribution >= 0.6 is 0 Å². The van der Waals surface area contributed by atoms with Crippen molar-refractivity contribution in [2.45, 2.75) is 52.5 Å². The second kappa shape index (κ2) is 7.09. The Kier molecular flexibility index (Phi) is 5.73. The fourth-order valence-electron chi connectivity index (χ4n) is 1.88. The highest BCUT2D eigenvalue weighted by molar-refractivity contribution is 5.78. The molecule has 0 fully saturated rings. The average Bonchev–Trinajstić information content (AvgIpc) is 2.70. The van der Waals surface area contributed by atoms with E-state index in [1.807, 2.05) is 11.6 Å². The van der Waals surface area contributed by atoms with E-state index >= 15 is 0 Å². The van der Waals surface area contributed by atoms with Crippen molar-refractivity contribution in [1.29, 1.82) is 0 Å². The van der Waals surface area contributed by atoms with Gasteiger partial charge in [-0.05, 0) is 19.3 Å². The van der Waals surface area contributed by atoms with Gasteiger partial charge in [0.25, 0.3) is 0 Å². The maximum atomic E-state index is 11.5. The van der Waals surface area contributed by atoms with Gasteiger partial charge in [0.2, 0.25) is 0 Å². The van der Waals surface area contributed by atoms with Crippen LogP contribution < -0.4 is 4.74 Å². The molecule has 0 aromatic carbocycles. The van der Waals surface area contributed by atoms with Crippen molar-refractivity contribution >= 4 is 5.78 Å². The maximum Gasteiger partial charge on any atom is 0.159 e. The summed E-state index contributed by atoms with van der Waals surface area (Å²) in [4.78, 5) is 11.5. The normalized spacial score (nSPS) is 10.5. The van der Waals surface area contributed by atoms with Gasteiger partial charge in [-0.2, -0.15) is 5.10 Å². The number of ketones is 1. The third-order valence-electron chi connectivity index (χ3n) is 2.74. The Morgan fingerprint density at radius 2 is 2.12 bits per heavy atom. The summed E-state index contributed by atoms with van der Waals surface area (Å²) in [5.41, 5.74) is 1.04. The van der Waals surface area contributed by atoms with Gasteiger partial charge in [0.15, 0.2) is 5.75 Å². The molecule has 4 nitrogen and oxygen atoms in total. The zero-order valence-corrected chi connectivity index (χ0v) is 11.0. The van der Waals surface area contributed by atoms with Gasteiger partial charge in [-0.15, -0.1) is 0 Å². The van der Waals surface area contributed by atoms with Crippen LogP contribution in [0.2, 0.25) is 0 Å². The lowest BCUT2D eigenvalue weighted by Crippen LogP contribution is -2.08. The molecular weight excluding hydrogens is 216 g/mol. The lowest BCUT2D eigenvalue weighted by molar-refractivity contribution is -0.119. The third kappa shape index (κ3) is 3.88. The first-order chi connectivity index (χ1) is 8.22. The molecule has 0 bridgehead atoms. The highest BCUT2D eigenvalue weighted by Crippen LogP contribution is 2.19. The van der Waals surface area contributed by atoms with Crippen LogP contribution in [0.25, 0.3) is 0 Å². The Bertz CT molecular complexity index is 358. The number of hydrogen-bond acceptors (Lipinski definition) is 3. The van der Waals surface area contributed by atoms with Crippen LogP contribution in [0.4, 0.5) is 0 Å². The summed E-state index contributed by atoms with van der Waals surface area (Å²) in [5.74, 6) is 1.11. The summed E-state index contributed by atoms with van der Waals surface area (Å²) in [6.45, 7) is 5.01. The van der Waals surface area contributed by atoms with Crippen LogP contribution in [0, 0.1) is 0 Å². The number of Topliss-reactive ketones (excluding diaryl/α,β-unsaturated/α-hetero) is 1. The minimum absolute atomic E-state index is 0.318. The number of rotatable bonds is 8. The highest BCUT2D eigenvalue weighted by atomic mass is 16.5. The molecule has 0 saturated carbocycles. The quantitative estimate of drug-likeness (QED) is 0.699. The second-order valence-corrected chi connectivity index (χ2v) is 4.17. The largest absolute Gasteiger partial charge is 0.493 e. The predicted molar refractivity (Wildman–Crippen MR) is 67.3 cm³/mol. The summed E-state index contributed by atoms with van der Waals surface area (Å²) in [7, 11) is 1.64. The maximum absolute atomic E-state index is 11.5. The zero-order valence-electron chi connectivity index (χ0n) is 11.0. The predicted octanol–water partition coefficient (Wildman–Crippen LogP) is 2.60. The SMILES string of the molecule is CCCC(=O)CCc1c(OC)cnn1CCC. The molecule has 17 heavy (non-hydrogen) atoms. The first-order valence-electron chi connectivity index (χ1n) is 6.33. The van der Waals surface area contributed by atoms with Crippen molar-refractivity contribution < 1.29 is 9.53 Å². The number of carbonyl (C=O) groups excluding carboxylic acids is 1. The van der Waals surface area contributed by atoms with Gasteiger partial charge in [-0.25, -0.2) is 0 Å². The van der Waals surface area contributed by atoms with Crippen molar-refractivity contribution in [3.05, 3.63) is 11.9 Å². The van der Waals surface area contributed by atoms with Gasteiger partial charge in [0, 0.05) is 19.4 Å². The number of aromatic nitrogens is 2. The van der Waals surface area contributed by atoms with Crippen molar-refractivity contribution in [1.82, 2.24) is 9.78 Å². The molecule has 1 aromatic rings. The van der Waals surface area contributed by atoms with Crippen LogP contribution in [0.5, 0.6) is 5.75 Å². The van der Waals surface area contributed by atoms with Crippen LogP contribution in [0.15, 0.2) is 6.20 Å². The lowest BCUT2D eigenvalue weighted by Gasteiger charge is -2.07. The van der Waals surface area contributed by atoms with Crippen molar-refractivity contribution in [3.63, 3.8) is 0 Å². The molecule has 0 aliphatic heterocycles. The van der Waals surface area contributed by atoms with Crippen LogP contribution in [0.3, 0.4) is 0 Å². The van der Waals surface area contributed by atoms with E-state index in [-0.39, 0.29) is 0 Å². The summed E-state index contributed by atoms with van der Waals surface area (Å²) < 4.78 is 7.21. The number of carbonyl (C=O) groups is 1. The molecule has 0 aliphatic carbocycles. The van der Waals surface area contributed by atoms with Gasteiger partial charge in [0.1, 0.15) is 5.78 Å². The zero-order chi connectivity index (χ0) is 12.7. The molecule has 0 amide bonds. The number of hydrogen-bond donors (Lipinski definition) is 0. The fourth-order valence-corrected chi connectivity index (χ4v) is 1.88. The van der Waals surface area contributed by atoms with Crippen LogP contribution in [-0.4, -0.2) is 22.7 Å². The Morgan fingerprint density at radius 1 is 1.35 bits per heavy atom. The Balaban J connectivity index is 2.66. The second-order valence-electron chi connectivity index (χ2n) is 4.17. The van der Waals surface area contributed by atoms with Gasteiger partial charge < -0.3 is 4.74 Å². The molecule has 0 unspecified atom stereocenters. The summed E-state index contributed by atoms with van der Waals surface area (Å²) >= 11 is 0. The lowest BCUT2D eigenvalue weighted by atomic mass is 10.1. The van der Waals surface area contributed by atoms with Gasteiger partial charge in [0.05, 0.1) is 19.0 Å². The molecular formula is C13H22N2O2. The fraction of sp³-hybridized carbons (Fsp3) is 0.692. The smallest absolute Gasteiger partial charge is 0.159 e. The van der Waals surface area contributed by atoms with Crippen molar-refractivity contribution in [2.24, 2.45) is 0 Å². The van der Waals surface area contributed by atoms with E-state index < -0.39 is 0 Å². The van der Waals surface area contributed by atoms with Crippen molar-refractivity contribution in [3.8, 4) is 5.75 Å². The minimum atomic E-state index is 0.318. The monoisotopic (exact) mass is 238 g/mol. The van der Waals surface area contributed by atoms with E-state index in [0.29, 0.717) is 18.6 Å².